The highest BCUT2D eigenvalue weighted by molar-refractivity contribution is 7.98. The molecule has 0 aliphatic heterocycles. The lowest BCUT2D eigenvalue weighted by atomic mass is 10.3. The van der Waals surface area contributed by atoms with E-state index in [1.54, 1.807) is 18.2 Å². The molecule has 0 fully saturated rings. The smallest absolute Gasteiger partial charge is 0.282 e. The van der Waals surface area contributed by atoms with Crippen molar-refractivity contribution in [3.8, 4) is 0 Å². The van der Waals surface area contributed by atoms with Gasteiger partial charge in [0.2, 0.25) is 0 Å². The van der Waals surface area contributed by atoms with E-state index in [4.69, 9.17) is 5.84 Å². The number of anilines is 1. The van der Waals surface area contributed by atoms with Gasteiger partial charge in [0.15, 0.2) is 0 Å². The lowest BCUT2D eigenvalue weighted by Gasteiger charge is -2.02. The van der Waals surface area contributed by atoms with Crippen molar-refractivity contribution in [2.24, 2.45) is 5.84 Å². The molecule has 0 aliphatic carbocycles. The number of nitrogen functional groups attached to an aromatic ring is 1. The Morgan fingerprint density at radius 2 is 2.28 bits per heavy atom. The van der Waals surface area contributed by atoms with Crippen molar-refractivity contribution < 1.29 is 4.92 Å². The maximum absolute atomic E-state index is 10.8. The Morgan fingerprint density at radius 1 is 1.50 bits per heavy atom. The van der Waals surface area contributed by atoms with Gasteiger partial charge in [-0.1, -0.05) is 16.6 Å². The van der Waals surface area contributed by atoms with Gasteiger partial charge in [0.05, 0.1) is 9.82 Å². The third-order valence-corrected chi connectivity index (χ3v) is 3.89. The first-order valence-electron chi connectivity index (χ1n) is 4.86. The van der Waals surface area contributed by atoms with E-state index < -0.39 is 4.92 Å². The molecule has 0 atom stereocenters. The number of nitrogens with one attached hydrogen (secondary N) is 1. The van der Waals surface area contributed by atoms with Crippen LogP contribution in [0, 0.1) is 10.1 Å². The largest absolute Gasteiger partial charge is 0.313 e. The molecule has 1 aromatic heterocycles. The zero-order chi connectivity index (χ0) is 13.0. The van der Waals surface area contributed by atoms with Gasteiger partial charge < -0.3 is 5.43 Å². The first-order chi connectivity index (χ1) is 8.72. The number of hydrazine groups is 1. The first kappa shape index (κ1) is 12.7. The van der Waals surface area contributed by atoms with E-state index in [2.05, 4.69) is 15.0 Å². The molecule has 0 saturated carbocycles. The summed E-state index contributed by atoms with van der Waals surface area (Å²) in [6.07, 6.45) is 0. The fourth-order valence-electron chi connectivity index (χ4n) is 1.29. The fourth-order valence-corrected chi connectivity index (χ4v) is 2.83. The molecule has 0 aliphatic rings. The number of nitro groups is 1. The lowest BCUT2D eigenvalue weighted by molar-refractivity contribution is -0.387. The van der Waals surface area contributed by atoms with Gasteiger partial charge in [-0.15, -0.1) is 16.9 Å². The monoisotopic (exact) mass is 283 g/mol. The van der Waals surface area contributed by atoms with Crippen molar-refractivity contribution in [2.75, 3.05) is 5.43 Å². The Hall–Kier alpha value is -1.71. The highest BCUT2D eigenvalue weighted by Crippen LogP contribution is 2.32. The normalized spacial score (nSPS) is 10.3. The number of hydrogen-bond donors (Lipinski definition) is 2. The Bertz CT molecular complexity index is 559. The zero-order valence-electron chi connectivity index (χ0n) is 9.07. The minimum Gasteiger partial charge on any atom is -0.313 e. The molecule has 18 heavy (non-hydrogen) atoms. The van der Waals surface area contributed by atoms with Crippen LogP contribution in [0.2, 0.25) is 0 Å². The van der Waals surface area contributed by atoms with Crippen molar-refractivity contribution in [1.82, 2.24) is 9.59 Å². The van der Waals surface area contributed by atoms with Crippen molar-refractivity contribution in [2.45, 2.75) is 10.6 Å². The van der Waals surface area contributed by atoms with E-state index >= 15 is 0 Å². The highest BCUT2D eigenvalue weighted by atomic mass is 32.2. The highest BCUT2D eigenvalue weighted by Gasteiger charge is 2.14. The van der Waals surface area contributed by atoms with E-state index in [0.717, 1.165) is 11.5 Å². The Kier molecular flexibility index (Phi) is 4.07. The molecule has 2 aromatic rings. The molecule has 7 nitrogen and oxygen atoms in total. The molecular formula is C9H9N5O2S2. The Balaban J connectivity index is 2.13. The minimum atomic E-state index is -0.399. The van der Waals surface area contributed by atoms with Crippen LogP contribution < -0.4 is 11.3 Å². The Labute approximate surface area is 111 Å². The number of thioether (sulfide) groups is 1. The van der Waals surface area contributed by atoms with Gasteiger partial charge in [-0.3, -0.25) is 10.1 Å². The topological polar surface area (TPSA) is 107 Å². The molecule has 1 heterocycles. The van der Waals surface area contributed by atoms with Crippen LogP contribution >= 0.6 is 23.3 Å². The van der Waals surface area contributed by atoms with Crippen molar-refractivity contribution in [1.29, 1.82) is 0 Å². The first-order valence-corrected chi connectivity index (χ1v) is 6.62. The summed E-state index contributed by atoms with van der Waals surface area (Å²) in [5.41, 5.74) is 3.27. The molecule has 2 rings (SSSR count). The van der Waals surface area contributed by atoms with Gasteiger partial charge >= 0.3 is 0 Å². The molecule has 0 saturated heterocycles. The van der Waals surface area contributed by atoms with Crippen LogP contribution in [0.25, 0.3) is 0 Å². The molecule has 3 N–H and O–H groups in total. The van der Waals surface area contributed by atoms with Crippen LogP contribution in [0.4, 0.5) is 10.7 Å². The summed E-state index contributed by atoms with van der Waals surface area (Å²) in [6.45, 7) is 0. The van der Waals surface area contributed by atoms with Gasteiger partial charge in [0.25, 0.3) is 5.69 Å². The van der Waals surface area contributed by atoms with E-state index in [1.807, 2.05) is 0 Å². The summed E-state index contributed by atoms with van der Waals surface area (Å²) in [4.78, 5) is 11.0. The quantitative estimate of drug-likeness (QED) is 0.374. The summed E-state index contributed by atoms with van der Waals surface area (Å²) in [5.74, 6) is 5.78. The number of aromatic nitrogens is 2. The zero-order valence-corrected chi connectivity index (χ0v) is 10.7. The number of benzene rings is 1. The molecule has 0 spiro atoms. The Morgan fingerprint density at radius 3 is 3.00 bits per heavy atom. The second-order valence-corrected chi connectivity index (χ2v) is 4.98. The maximum atomic E-state index is 10.8. The van der Waals surface area contributed by atoms with Gasteiger partial charge in [-0.2, -0.15) is 0 Å². The van der Waals surface area contributed by atoms with E-state index in [1.165, 1.54) is 17.8 Å². The van der Waals surface area contributed by atoms with Crippen molar-refractivity contribution >= 4 is 34.0 Å². The molecule has 0 radical (unpaired) electrons. The summed E-state index contributed by atoms with van der Waals surface area (Å²) in [6, 6.07) is 6.58. The summed E-state index contributed by atoms with van der Waals surface area (Å²) in [5, 5.41) is 15.4. The molecular weight excluding hydrogens is 274 g/mol. The van der Waals surface area contributed by atoms with Gasteiger partial charge in [0, 0.05) is 23.4 Å². The van der Waals surface area contributed by atoms with Gasteiger partial charge in [-0.25, -0.2) is 5.84 Å². The molecule has 0 unspecified atom stereocenters. The van der Waals surface area contributed by atoms with Crippen LogP contribution in [0.1, 0.15) is 5.69 Å². The van der Waals surface area contributed by atoms with Crippen molar-refractivity contribution in [3.63, 3.8) is 0 Å². The summed E-state index contributed by atoms with van der Waals surface area (Å²) >= 11 is 2.48. The van der Waals surface area contributed by atoms with Crippen LogP contribution in [0.15, 0.2) is 29.2 Å². The molecule has 94 valence electrons. The molecule has 1 aromatic carbocycles. The average molecular weight is 283 g/mol. The van der Waals surface area contributed by atoms with E-state index in [-0.39, 0.29) is 5.69 Å². The predicted octanol–water partition coefficient (Wildman–Crippen LogP) is 2.02. The number of rotatable bonds is 5. The minimum absolute atomic E-state index is 0.0907. The second kappa shape index (κ2) is 5.76. The third-order valence-electron chi connectivity index (χ3n) is 2.11. The number of para-hydroxylation sites is 1. The lowest BCUT2D eigenvalue weighted by Crippen LogP contribution is -2.06. The van der Waals surface area contributed by atoms with Crippen LogP contribution in [0.5, 0.6) is 0 Å². The average Bonchev–Trinajstić information content (AvgIpc) is 2.84. The summed E-state index contributed by atoms with van der Waals surface area (Å²) < 4.78 is 3.76. The van der Waals surface area contributed by atoms with E-state index in [9.17, 15) is 10.1 Å². The van der Waals surface area contributed by atoms with Gasteiger partial charge in [-0.05, 0) is 6.07 Å². The number of nitrogens with two attached hydrogens (primary N) is 1. The third kappa shape index (κ3) is 2.75. The van der Waals surface area contributed by atoms with Crippen molar-refractivity contribution in [3.05, 3.63) is 40.1 Å². The van der Waals surface area contributed by atoms with Crippen LogP contribution in [-0.2, 0) is 5.75 Å². The van der Waals surface area contributed by atoms with Crippen LogP contribution in [0.3, 0.4) is 0 Å². The number of hydrogen-bond acceptors (Lipinski definition) is 8. The number of nitrogens with zero attached hydrogens (tertiary/aromatic N) is 3. The standard InChI is InChI=1S/C9H9N5O2S2/c10-11-9-6(12-13-18-9)5-17-8-4-2-1-3-7(8)14(15)16/h1-4,11H,5,10H2. The predicted molar refractivity (Wildman–Crippen MR) is 70.4 cm³/mol. The SMILES string of the molecule is NNc1snnc1CSc1ccccc1[N+](=O)[O-]. The van der Waals surface area contributed by atoms with E-state index in [0.29, 0.717) is 21.3 Å². The van der Waals surface area contributed by atoms with Gasteiger partial charge in [0.1, 0.15) is 10.7 Å². The molecule has 0 bridgehead atoms. The fraction of sp³-hybridized carbons (Fsp3) is 0.111. The molecule has 9 heteroatoms. The van der Waals surface area contributed by atoms with Crippen LogP contribution in [-0.4, -0.2) is 14.5 Å². The maximum Gasteiger partial charge on any atom is 0.282 e. The second-order valence-electron chi connectivity index (χ2n) is 3.21. The summed E-state index contributed by atoms with van der Waals surface area (Å²) in [7, 11) is 0. The number of nitro benzene ring substituents is 1. The molecule has 0 amide bonds.